The average molecular weight is 393 g/mol. The summed E-state index contributed by atoms with van der Waals surface area (Å²) in [4.78, 5) is 23.0. The van der Waals surface area contributed by atoms with Crippen LogP contribution < -0.4 is 5.63 Å². The molecule has 0 bridgehead atoms. The number of ketones is 1. The molecule has 2 aromatic rings. The highest BCUT2D eigenvalue weighted by Gasteiger charge is 2.12. The van der Waals surface area contributed by atoms with E-state index in [1.165, 1.54) is 0 Å². The zero-order valence-corrected chi connectivity index (χ0v) is 11.7. The molecule has 0 N–H and O–H groups in total. The van der Waals surface area contributed by atoms with Gasteiger partial charge in [0.25, 0.3) is 0 Å². The van der Waals surface area contributed by atoms with Crippen molar-refractivity contribution in [2.75, 3.05) is 5.33 Å². The maximum Gasteiger partial charge on any atom is 0.347 e. The van der Waals surface area contributed by atoms with Gasteiger partial charge >= 0.3 is 5.63 Å². The van der Waals surface area contributed by atoms with Gasteiger partial charge in [0.1, 0.15) is 11.1 Å². The molecule has 1 aromatic carbocycles. The third-order valence-corrected chi connectivity index (χ3v) is 3.30. The summed E-state index contributed by atoms with van der Waals surface area (Å²) in [5, 5.41) is 0.878. The van der Waals surface area contributed by atoms with Gasteiger partial charge in [0.05, 0.1) is 5.33 Å². The molecule has 0 spiro atoms. The van der Waals surface area contributed by atoms with E-state index in [0.29, 0.717) is 5.58 Å². The van der Waals surface area contributed by atoms with Gasteiger partial charge in [-0.15, -0.1) is 0 Å². The van der Waals surface area contributed by atoms with Crippen molar-refractivity contribution in [2.45, 2.75) is 0 Å². The smallest absolute Gasteiger partial charge is 0.347 e. The Bertz CT molecular complexity index is 618. The van der Waals surface area contributed by atoms with E-state index in [0.717, 1.165) is 8.96 Å². The number of halogens is 2. The summed E-state index contributed by atoms with van der Waals surface area (Å²) in [5.41, 5.74) is 0.000992. The molecule has 0 unspecified atom stereocenters. The summed E-state index contributed by atoms with van der Waals surface area (Å²) in [7, 11) is 0. The molecular formula is C11H6BrIO3. The number of carbonyl (C=O) groups is 1. The van der Waals surface area contributed by atoms with E-state index in [4.69, 9.17) is 4.42 Å². The second-order valence-corrected chi connectivity index (χ2v) is 4.99. The fraction of sp³-hybridized carbons (Fsp3) is 0.0909. The molecule has 82 valence electrons. The maximum absolute atomic E-state index is 11.5. The van der Waals surface area contributed by atoms with Crippen molar-refractivity contribution in [3.8, 4) is 0 Å². The van der Waals surface area contributed by atoms with Crippen LogP contribution in [0.5, 0.6) is 0 Å². The Hall–Kier alpha value is -0.690. The lowest BCUT2D eigenvalue weighted by atomic mass is 10.1. The summed E-state index contributed by atoms with van der Waals surface area (Å²) < 4.78 is 6.09. The molecular weight excluding hydrogens is 387 g/mol. The minimum Gasteiger partial charge on any atom is -0.422 e. The molecule has 1 heterocycles. The van der Waals surface area contributed by atoms with Crippen LogP contribution in [0.25, 0.3) is 11.0 Å². The quantitative estimate of drug-likeness (QED) is 0.341. The topological polar surface area (TPSA) is 47.3 Å². The number of benzene rings is 1. The van der Waals surface area contributed by atoms with Crippen LogP contribution in [0.4, 0.5) is 0 Å². The number of hydrogen-bond donors (Lipinski definition) is 0. The lowest BCUT2D eigenvalue weighted by Gasteiger charge is -2.00. The molecule has 0 aliphatic carbocycles. The van der Waals surface area contributed by atoms with Gasteiger partial charge in [-0.1, -0.05) is 15.9 Å². The number of carbonyl (C=O) groups excluding carboxylic acids is 1. The second kappa shape index (κ2) is 4.67. The van der Waals surface area contributed by atoms with Crippen molar-refractivity contribution in [1.29, 1.82) is 0 Å². The van der Waals surface area contributed by atoms with Crippen molar-refractivity contribution in [3.05, 3.63) is 43.8 Å². The molecule has 16 heavy (non-hydrogen) atoms. The molecule has 0 fully saturated rings. The number of hydrogen-bond acceptors (Lipinski definition) is 3. The first-order valence-electron chi connectivity index (χ1n) is 4.44. The largest absolute Gasteiger partial charge is 0.422 e. The van der Waals surface area contributed by atoms with Crippen LogP contribution >= 0.6 is 38.5 Å². The van der Waals surface area contributed by atoms with Gasteiger partial charge in [-0.2, -0.15) is 0 Å². The van der Waals surface area contributed by atoms with Crippen LogP contribution in [0.15, 0.2) is 33.5 Å². The molecule has 0 saturated carbocycles. The highest BCUT2D eigenvalue weighted by atomic mass is 127. The van der Waals surface area contributed by atoms with Crippen LogP contribution in [-0.2, 0) is 0 Å². The van der Waals surface area contributed by atoms with E-state index in [-0.39, 0.29) is 16.7 Å². The normalized spacial score (nSPS) is 10.6. The minimum absolute atomic E-state index is 0.0892. The first-order chi connectivity index (χ1) is 7.61. The monoisotopic (exact) mass is 392 g/mol. The molecule has 1 aromatic heterocycles. The molecule has 0 aliphatic heterocycles. The zero-order valence-electron chi connectivity index (χ0n) is 8.00. The van der Waals surface area contributed by atoms with E-state index < -0.39 is 5.63 Å². The first-order valence-corrected chi connectivity index (χ1v) is 6.64. The Labute approximate surface area is 113 Å². The molecule has 0 atom stereocenters. The highest BCUT2D eigenvalue weighted by Crippen LogP contribution is 2.17. The second-order valence-electron chi connectivity index (χ2n) is 3.19. The van der Waals surface area contributed by atoms with E-state index in [1.54, 1.807) is 12.1 Å². The summed E-state index contributed by atoms with van der Waals surface area (Å²) in [6.07, 6.45) is 0. The van der Waals surface area contributed by atoms with E-state index in [2.05, 4.69) is 38.5 Å². The average Bonchev–Trinajstić information content (AvgIpc) is 2.28. The van der Waals surface area contributed by atoms with Gasteiger partial charge in [0, 0.05) is 8.96 Å². The molecule has 0 radical (unpaired) electrons. The lowest BCUT2D eigenvalue weighted by Crippen LogP contribution is -2.14. The Morgan fingerprint density at radius 3 is 2.81 bits per heavy atom. The Kier molecular flexibility index (Phi) is 3.44. The fourth-order valence-electron chi connectivity index (χ4n) is 1.36. The molecule has 0 amide bonds. The van der Waals surface area contributed by atoms with Gasteiger partial charge in [0.2, 0.25) is 0 Å². The van der Waals surface area contributed by atoms with Gasteiger partial charge in [-0.05, 0) is 46.9 Å². The van der Waals surface area contributed by atoms with E-state index >= 15 is 0 Å². The SMILES string of the molecule is O=C(CBr)c1cc2cc(I)ccc2oc1=O. The zero-order chi connectivity index (χ0) is 11.7. The van der Waals surface area contributed by atoms with Crippen molar-refractivity contribution >= 4 is 55.3 Å². The molecule has 0 saturated heterocycles. The predicted octanol–water partition coefficient (Wildman–Crippen LogP) is 2.98. The third-order valence-electron chi connectivity index (χ3n) is 2.12. The van der Waals surface area contributed by atoms with Crippen LogP contribution in [0.3, 0.4) is 0 Å². The Morgan fingerprint density at radius 2 is 2.12 bits per heavy atom. The summed E-state index contributed by atoms with van der Waals surface area (Å²) >= 11 is 5.19. The predicted molar refractivity (Wildman–Crippen MR) is 73.3 cm³/mol. The number of rotatable bonds is 2. The van der Waals surface area contributed by atoms with E-state index in [1.807, 2.05) is 12.1 Å². The van der Waals surface area contributed by atoms with Crippen molar-refractivity contribution < 1.29 is 9.21 Å². The molecule has 0 aliphatic rings. The van der Waals surface area contributed by atoms with Gasteiger partial charge < -0.3 is 4.42 Å². The molecule has 3 nitrogen and oxygen atoms in total. The Morgan fingerprint density at radius 1 is 1.38 bits per heavy atom. The summed E-state index contributed by atoms with van der Waals surface area (Å²) in [6.45, 7) is 0. The number of Topliss-reactive ketones (excluding diaryl/α,β-unsaturated/α-hetero) is 1. The number of alkyl halides is 1. The van der Waals surface area contributed by atoms with Crippen molar-refractivity contribution in [2.24, 2.45) is 0 Å². The van der Waals surface area contributed by atoms with Crippen LogP contribution in [0.1, 0.15) is 10.4 Å². The Balaban J connectivity index is 2.74. The maximum atomic E-state index is 11.5. The van der Waals surface area contributed by atoms with Gasteiger partial charge in [-0.25, -0.2) is 4.79 Å². The molecule has 2 rings (SSSR count). The third kappa shape index (κ3) is 2.20. The van der Waals surface area contributed by atoms with Crippen molar-refractivity contribution in [3.63, 3.8) is 0 Å². The van der Waals surface area contributed by atoms with Gasteiger partial charge in [0.15, 0.2) is 5.78 Å². The van der Waals surface area contributed by atoms with Crippen molar-refractivity contribution in [1.82, 2.24) is 0 Å². The van der Waals surface area contributed by atoms with Crippen LogP contribution in [0.2, 0.25) is 0 Å². The fourth-order valence-corrected chi connectivity index (χ4v) is 2.18. The highest BCUT2D eigenvalue weighted by molar-refractivity contribution is 14.1. The molecule has 5 heteroatoms. The van der Waals surface area contributed by atoms with Crippen LogP contribution in [-0.4, -0.2) is 11.1 Å². The number of fused-ring (bicyclic) bond motifs is 1. The first kappa shape index (κ1) is 11.8. The summed E-state index contributed by atoms with van der Waals surface area (Å²) in [6, 6.07) is 7.01. The lowest BCUT2D eigenvalue weighted by molar-refractivity contribution is 0.102. The van der Waals surface area contributed by atoms with E-state index in [9.17, 15) is 9.59 Å². The minimum atomic E-state index is -0.585. The summed E-state index contributed by atoms with van der Waals surface area (Å²) in [5.74, 6) is -0.269. The standard InChI is InChI=1S/C11H6BrIO3/c12-5-9(14)8-4-6-3-7(13)1-2-10(6)16-11(8)15/h1-4H,5H2. The van der Waals surface area contributed by atoms with Crippen LogP contribution in [0, 0.1) is 3.57 Å². The van der Waals surface area contributed by atoms with Gasteiger partial charge in [-0.3, -0.25) is 4.79 Å².